The van der Waals surface area contributed by atoms with Crippen molar-refractivity contribution in [1.29, 1.82) is 0 Å². The maximum Gasteiger partial charge on any atom is 0.323 e. The van der Waals surface area contributed by atoms with Crippen LogP contribution in [-0.2, 0) is 5.41 Å². The first-order valence-electron chi connectivity index (χ1n) is 13.5. The van der Waals surface area contributed by atoms with Gasteiger partial charge in [-0.2, -0.15) is 0 Å². The molecule has 5 rings (SSSR count). The Balaban J connectivity index is 1.45. The van der Waals surface area contributed by atoms with Crippen molar-refractivity contribution in [2.75, 3.05) is 50.2 Å². The van der Waals surface area contributed by atoms with E-state index in [2.05, 4.69) is 56.6 Å². The summed E-state index contributed by atoms with van der Waals surface area (Å²) >= 11 is 0. The predicted molar refractivity (Wildman–Crippen MR) is 166 cm³/mol. The van der Waals surface area contributed by atoms with Crippen LogP contribution in [0.3, 0.4) is 0 Å². The van der Waals surface area contributed by atoms with Gasteiger partial charge < -0.3 is 25.6 Å². The van der Waals surface area contributed by atoms with Gasteiger partial charge in [-0.15, -0.1) is 0 Å². The van der Waals surface area contributed by atoms with Gasteiger partial charge in [0, 0.05) is 23.9 Å². The second kappa shape index (κ2) is 11.4. The van der Waals surface area contributed by atoms with Gasteiger partial charge in [0.25, 0.3) is 0 Å². The van der Waals surface area contributed by atoms with E-state index in [0.29, 0.717) is 34.1 Å². The van der Waals surface area contributed by atoms with Crippen LogP contribution >= 0.6 is 0 Å². The first kappa shape index (κ1) is 27.9. The number of imidazole rings is 1. The third-order valence-corrected chi connectivity index (χ3v) is 6.91. The van der Waals surface area contributed by atoms with E-state index in [0.717, 1.165) is 35.1 Å². The Morgan fingerprint density at radius 1 is 0.951 bits per heavy atom. The fourth-order valence-corrected chi connectivity index (χ4v) is 4.69. The van der Waals surface area contributed by atoms with Gasteiger partial charge in [0.05, 0.1) is 24.2 Å². The maximum absolute atomic E-state index is 13.2. The van der Waals surface area contributed by atoms with Crippen molar-refractivity contribution in [3.63, 3.8) is 0 Å². The molecule has 2 amide bonds. The molecule has 0 aliphatic rings. The zero-order valence-corrected chi connectivity index (χ0v) is 24.3. The van der Waals surface area contributed by atoms with Crippen LogP contribution in [0.15, 0.2) is 67.3 Å². The van der Waals surface area contributed by atoms with Crippen LogP contribution in [0.25, 0.3) is 27.6 Å². The first-order chi connectivity index (χ1) is 19.7. The number of fused-ring (bicyclic) bond motifs is 2. The summed E-state index contributed by atoms with van der Waals surface area (Å²) < 4.78 is 7.45. The molecule has 0 bridgehead atoms. The average molecular weight is 553 g/mol. The number of urea groups is 1. The third-order valence-electron chi connectivity index (χ3n) is 6.91. The maximum atomic E-state index is 13.2. The summed E-state index contributed by atoms with van der Waals surface area (Å²) in [5.74, 6) is 1.29. The highest BCUT2D eigenvalue weighted by Gasteiger charge is 2.18. The molecule has 0 aliphatic heterocycles. The van der Waals surface area contributed by atoms with Crippen molar-refractivity contribution < 1.29 is 9.53 Å². The van der Waals surface area contributed by atoms with Gasteiger partial charge >= 0.3 is 6.03 Å². The molecule has 0 saturated carbocycles. The molecule has 10 heteroatoms. The van der Waals surface area contributed by atoms with Crippen molar-refractivity contribution in [3.8, 4) is 11.4 Å². The van der Waals surface area contributed by atoms with E-state index in [1.807, 2.05) is 73.3 Å². The van der Waals surface area contributed by atoms with E-state index >= 15 is 0 Å². The molecular formula is C31H36N8O2. The summed E-state index contributed by atoms with van der Waals surface area (Å²) in [5.41, 5.74) is 4.60. The summed E-state index contributed by atoms with van der Waals surface area (Å²) in [6.07, 6.45) is 3.30. The Kier molecular flexibility index (Phi) is 7.76. The number of carbonyl (C=O) groups is 1. The highest BCUT2D eigenvalue weighted by molar-refractivity contribution is 6.08. The minimum absolute atomic E-state index is 0.0727. The van der Waals surface area contributed by atoms with Crippen LogP contribution < -0.4 is 20.7 Å². The Hall–Kier alpha value is -4.70. The lowest BCUT2D eigenvalue weighted by Crippen LogP contribution is -2.21. The van der Waals surface area contributed by atoms with Crippen molar-refractivity contribution in [1.82, 2.24) is 24.4 Å². The highest BCUT2D eigenvalue weighted by Crippen LogP contribution is 2.33. The van der Waals surface area contributed by atoms with Gasteiger partial charge in [0.2, 0.25) is 0 Å². The topological polar surface area (TPSA) is 109 Å². The molecule has 41 heavy (non-hydrogen) atoms. The predicted octanol–water partition coefficient (Wildman–Crippen LogP) is 5.89. The SMILES string of the molecule is COc1ccc(C(C)(C)C)cc1NC(=O)Nc1ccc(-n2cnc3c(NCCN(C)C)ncnc32)c2ccccc12. The molecular weight excluding hydrogens is 516 g/mol. The second-order valence-corrected chi connectivity index (χ2v) is 11.2. The van der Waals surface area contributed by atoms with Gasteiger partial charge in [-0.1, -0.05) is 51.1 Å². The lowest BCUT2D eigenvalue weighted by molar-refractivity contribution is 0.262. The molecule has 0 radical (unpaired) electrons. The second-order valence-electron chi connectivity index (χ2n) is 11.2. The fraction of sp³-hybridized carbons (Fsp3) is 0.290. The summed E-state index contributed by atoms with van der Waals surface area (Å²) in [5, 5.41) is 11.2. The zero-order valence-electron chi connectivity index (χ0n) is 24.3. The van der Waals surface area contributed by atoms with Crippen LogP contribution in [-0.4, -0.2) is 64.7 Å². The van der Waals surface area contributed by atoms with Crippen LogP contribution in [0.5, 0.6) is 5.75 Å². The van der Waals surface area contributed by atoms with Crippen molar-refractivity contribution in [2.45, 2.75) is 26.2 Å². The molecule has 0 saturated heterocycles. The molecule has 2 heterocycles. The number of ether oxygens (including phenoxy) is 1. The molecule has 2 aromatic heterocycles. The quantitative estimate of drug-likeness (QED) is 0.220. The molecule has 3 N–H and O–H groups in total. The number of benzene rings is 3. The zero-order chi connectivity index (χ0) is 29.1. The number of nitrogens with one attached hydrogen (secondary N) is 3. The molecule has 10 nitrogen and oxygen atoms in total. The van der Waals surface area contributed by atoms with E-state index in [-0.39, 0.29) is 11.4 Å². The van der Waals surface area contributed by atoms with Gasteiger partial charge in [-0.3, -0.25) is 4.57 Å². The van der Waals surface area contributed by atoms with Crippen LogP contribution in [0.1, 0.15) is 26.3 Å². The minimum atomic E-state index is -0.360. The van der Waals surface area contributed by atoms with E-state index in [1.54, 1.807) is 19.8 Å². The molecule has 3 aromatic carbocycles. The number of hydrogen-bond acceptors (Lipinski definition) is 7. The number of anilines is 3. The molecule has 212 valence electrons. The number of methoxy groups -OCH3 is 1. The number of nitrogens with zero attached hydrogens (tertiary/aromatic N) is 5. The smallest absolute Gasteiger partial charge is 0.323 e. The molecule has 0 atom stereocenters. The number of hydrogen-bond donors (Lipinski definition) is 3. The summed E-state index contributed by atoms with van der Waals surface area (Å²) in [6.45, 7) is 8.00. The normalized spacial score (nSPS) is 11.7. The monoisotopic (exact) mass is 552 g/mol. The highest BCUT2D eigenvalue weighted by atomic mass is 16.5. The van der Waals surface area contributed by atoms with Crippen molar-refractivity contribution in [3.05, 3.63) is 72.8 Å². The number of rotatable bonds is 8. The lowest BCUT2D eigenvalue weighted by Gasteiger charge is -2.21. The van der Waals surface area contributed by atoms with Gasteiger partial charge in [0.1, 0.15) is 18.4 Å². The van der Waals surface area contributed by atoms with Crippen molar-refractivity contribution >= 4 is 45.2 Å². The number of likely N-dealkylation sites (N-methyl/N-ethyl adjacent to an activating group) is 1. The van der Waals surface area contributed by atoms with Gasteiger partial charge in [-0.05, 0) is 49.3 Å². The third kappa shape index (κ3) is 5.92. The Bertz CT molecular complexity index is 1700. The molecule has 0 spiro atoms. The summed E-state index contributed by atoms with van der Waals surface area (Å²) in [7, 11) is 5.65. The summed E-state index contributed by atoms with van der Waals surface area (Å²) in [6, 6.07) is 17.3. The summed E-state index contributed by atoms with van der Waals surface area (Å²) in [4.78, 5) is 28.9. The largest absolute Gasteiger partial charge is 0.495 e. The van der Waals surface area contributed by atoms with Crippen LogP contribution in [0.2, 0.25) is 0 Å². The molecule has 0 fully saturated rings. The Morgan fingerprint density at radius 2 is 1.71 bits per heavy atom. The average Bonchev–Trinajstić information content (AvgIpc) is 3.37. The Labute approximate surface area is 239 Å². The van der Waals surface area contributed by atoms with E-state index in [1.165, 1.54) is 0 Å². The molecule has 5 aromatic rings. The Morgan fingerprint density at radius 3 is 2.44 bits per heavy atom. The minimum Gasteiger partial charge on any atom is -0.495 e. The van der Waals surface area contributed by atoms with E-state index in [4.69, 9.17) is 4.74 Å². The standard InChI is InChI=1S/C31H36N8O2/c1-31(2,3)20-11-14-26(41-6)24(17-20)37-30(40)36-23-12-13-25(22-10-8-7-9-21(22)23)39-19-35-27-28(32-15-16-38(4)5)33-18-34-29(27)39/h7-14,17-19H,15-16H2,1-6H3,(H,32,33,34)(H2,36,37,40). The van der Waals surface area contributed by atoms with E-state index < -0.39 is 0 Å². The van der Waals surface area contributed by atoms with Gasteiger partial charge in [-0.25, -0.2) is 19.7 Å². The van der Waals surface area contributed by atoms with E-state index in [9.17, 15) is 4.79 Å². The molecule has 0 aliphatic carbocycles. The lowest BCUT2D eigenvalue weighted by atomic mass is 9.87. The number of amides is 2. The van der Waals surface area contributed by atoms with Crippen LogP contribution in [0.4, 0.5) is 22.0 Å². The number of carbonyl (C=O) groups excluding carboxylic acids is 1. The fourth-order valence-electron chi connectivity index (χ4n) is 4.69. The van der Waals surface area contributed by atoms with Crippen molar-refractivity contribution in [2.24, 2.45) is 0 Å². The first-order valence-corrected chi connectivity index (χ1v) is 13.5. The van der Waals surface area contributed by atoms with Crippen LogP contribution in [0, 0.1) is 0 Å². The molecule has 0 unspecified atom stereocenters. The number of aromatic nitrogens is 4. The van der Waals surface area contributed by atoms with Gasteiger partial charge in [0.15, 0.2) is 17.0 Å².